The summed E-state index contributed by atoms with van der Waals surface area (Å²) in [6.07, 6.45) is 0. The quantitative estimate of drug-likeness (QED) is 0.194. The molecular weight excluding hydrogens is 647 g/mol. The lowest BCUT2D eigenvalue weighted by Gasteiger charge is -2.27. The van der Waals surface area contributed by atoms with Crippen LogP contribution in [0.5, 0.6) is 0 Å². The number of para-hydroxylation sites is 1. The van der Waals surface area contributed by atoms with Crippen molar-refractivity contribution >= 4 is 23.5 Å². The Morgan fingerprint density at radius 3 is 1.82 bits per heavy atom. The molecule has 1 N–H and O–H groups in total. The second-order valence-corrected chi connectivity index (χ2v) is 13.2. The lowest BCUT2D eigenvalue weighted by molar-refractivity contribution is 0.0303. The number of anilines is 1. The molecule has 0 unspecified atom stereocenters. The van der Waals surface area contributed by atoms with E-state index in [9.17, 15) is 13.6 Å². The third-order valence-corrected chi connectivity index (χ3v) is 8.32. The van der Waals surface area contributed by atoms with Crippen molar-refractivity contribution in [2.24, 2.45) is 0 Å². The summed E-state index contributed by atoms with van der Waals surface area (Å²) in [6, 6.07) is 28.1. The highest BCUT2D eigenvalue weighted by molar-refractivity contribution is 8.00. The molecule has 1 amide bonds. The van der Waals surface area contributed by atoms with Crippen molar-refractivity contribution in [2.45, 2.75) is 98.8 Å². The van der Waals surface area contributed by atoms with Gasteiger partial charge >= 0.3 is 0 Å². The number of hydrogen-bond donors (Lipinski definition) is 1. The van der Waals surface area contributed by atoms with Crippen LogP contribution < -0.4 is 4.72 Å². The fourth-order valence-electron chi connectivity index (χ4n) is 4.67. The summed E-state index contributed by atoms with van der Waals surface area (Å²) in [5.41, 5.74) is 5.87. The molecular formula is C43H60F2N2O2S. The second-order valence-electron chi connectivity index (χ2n) is 12.3. The van der Waals surface area contributed by atoms with Gasteiger partial charge in [0, 0.05) is 23.5 Å². The fourth-order valence-corrected chi connectivity index (χ4v) is 5.41. The number of nitrogens with zero attached hydrogens (tertiary/aromatic N) is 1. The van der Waals surface area contributed by atoms with Crippen LogP contribution in [-0.2, 0) is 4.74 Å². The maximum Gasteiger partial charge on any atom is 0.254 e. The molecule has 1 saturated heterocycles. The van der Waals surface area contributed by atoms with Gasteiger partial charge in [-0.1, -0.05) is 112 Å². The third kappa shape index (κ3) is 15.9. The topological polar surface area (TPSA) is 41.6 Å². The second kappa shape index (κ2) is 24.5. The lowest BCUT2D eigenvalue weighted by Crippen LogP contribution is -2.40. The highest BCUT2D eigenvalue weighted by Gasteiger charge is 2.18. The van der Waals surface area contributed by atoms with Gasteiger partial charge in [-0.25, -0.2) is 8.78 Å². The SMILES string of the molecule is CC.CC.CC(C)c1cccc(C(=O)N2CCOCC2)c1.CC(C)c1cccc(SNc2ccccc2F)c1.Cc1cc(F)cc(C(C)C)c1. The molecule has 50 heavy (non-hydrogen) atoms. The van der Waals surface area contributed by atoms with E-state index in [4.69, 9.17) is 4.74 Å². The van der Waals surface area contributed by atoms with Crippen LogP contribution in [0, 0.1) is 18.6 Å². The van der Waals surface area contributed by atoms with E-state index in [1.165, 1.54) is 29.1 Å². The zero-order valence-electron chi connectivity index (χ0n) is 32.1. The molecule has 4 aromatic rings. The number of carbonyl (C=O) groups is 1. The predicted molar refractivity (Wildman–Crippen MR) is 212 cm³/mol. The first kappa shape index (κ1) is 44.3. The molecule has 1 aliphatic heterocycles. The summed E-state index contributed by atoms with van der Waals surface area (Å²) in [4.78, 5) is 15.2. The largest absolute Gasteiger partial charge is 0.378 e. The van der Waals surface area contributed by atoms with Crippen LogP contribution in [0.1, 0.15) is 120 Å². The molecule has 4 nitrogen and oxygen atoms in total. The van der Waals surface area contributed by atoms with E-state index >= 15 is 0 Å². The van der Waals surface area contributed by atoms with Crippen molar-refractivity contribution in [1.29, 1.82) is 0 Å². The zero-order chi connectivity index (χ0) is 37.6. The number of amides is 1. The molecule has 1 aliphatic rings. The van der Waals surface area contributed by atoms with Gasteiger partial charge in [0.05, 0.1) is 18.9 Å². The molecule has 4 aromatic carbocycles. The molecule has 0 aliphatic carbocycles. The van der Waals surface area contributed by atoms with Crippen molar-refractivity contribution < 1.29 is 18.3 Å². The van der Waals surface area contributed by atoms with Crippen LogP contribution in [-0.4, -0.2) is 37.1 Å². The zero-order valence-corrected chi connectivity index (χ0v) is 33.0. The van der Waals surface area contributed by atoms with Gasteiger partial charge in [-0.2, -0.15) is 0 Å². The number of hydrogen-bond acceptors (Lipinski definition) is 4. The highest BCUT2D eigenvalue weighted by Crippen LogP contribution is 2.26. The molecule has 0 aromatic heterocycles. The number of halogens is 2. The summed E-state index contributed by atoms with van der Waals surface area (Å²) in [7, 11) is 0. The number of rotatable bonds is 7. The minimum atomic E-state index is -0.231. The van der Waals surface area contributed by atoms with Crippen molar-refractivity contribution in [3.63, 3.8) is 0 Å². The van der Waals surface area contributed by atoms with E-state index in [0.717, 1.165) is 21.6 Å². The van der Waals surface area contributed by atoms with Crippen molar-refractivity contribution in [2.75, 3.05) is 31.0 Å². The molecule has 274 valence electrons. The number of carbonyl (C=O) groups excluding carboxylic acids is 1. The van der Waals surface area contributed by atoms with Crippen LogP contribution >= 0.6 is 11.9 Å². The Morgan fingerprint density at radius 1 is 0.700 bits per heavy atom. The first-order chi connectivity index (χ1) is 23.9. The Balaban J connectivity index is 0.000000366. The number of morpholine rings is 1. The molecule has 0 atom stereocenters. The van der Waals surface area contributed by atoms with E-state index in [1.807, 2.05) is 82.0 Å². The van der Waals surface area contributed by atoms with Crippen LogP contribution in [0.3, 0.4) is 0 Å². The molecule has 0 radical (unpaired) electrons. The first-order valence-corrected chi connectivity index (χ1v) is 18.8. The Kier molecular flexibility index (Phi) is 21.7. The molecule has 7 heteroatoms. The van der Waals surface area contributed by atoms with E-state index in [-0.39, 0.29) is 17.5 Å². The molecule has 5 rings (SSSR count). The van der Waals surface area contributed by atoms with Crippen LogP contribution in [0.4, 0.5) is 14.5 Å². The Labute approximate surface area is 306 Å². The maximum absolute atomic E-state index is 13.4. The highest BCUT2D eigenvalue weighted by atomic mass is 32.2. The minimum Gasteiger partial charge on any atom is -0.378 e. The fraction of sp³-hybridized carbons (Fsp3) is 0.419. The van der Waals surface area contributed by atoms with Gasteiger partial charge < -0.3 is 14.4 Å². The standard InChI is InChI=1S/C15H16FNS.C14H19NO2.C10H13F.2C2H6/c1-11(2)12-6-5-7-13(10-12)18-17-15-9-4-3-8-14(15)16;1-11(2)12-4-3-5-13(10-12)14(16)15-6-8-17-9-7-15;1-7(2)9-4-8(3)5-10(11)6-9;2*1-2/h3-11,17H,1-2H3;3-5,10-11H,6-9H2,1-2H3;4-7H,1-3H3;2*1-2H3. The van der Waals surface area contributed by atoms with Gasteiger partial charge in [0.2, 0.25) is 0 Å². The normalized spacial score (nSPS) is 12.0. The van der Waals surface area contributed by atoms with Crippen LogP contribution in [0.15, 0.2) is 95.9 Å². The van der Waals surface area contributed by atoms with Gasteiger partial charge in [-0.05, 0) is 107 Å². The molecule has 1 fully saturated rings. The Hall–Kier alpha value is -3.68. The van der Waals surface area contributed by atoms with Crippen LogP contribution in [0.2, 0.25) is 0 Å². The average Bonchev–Trinajstić information content (AvgIpc) is 3.13. The number of ether oxygens (including phenoxy) is 1. The molecule has 0 spiro atoms. The van der Waals surface area contributed by atoms with Crippen molar-refractivity contribution in [3.8, 4) is 0 Å². The monoisotopic (exact) mass is 706 g/mol. The predicted octanol–water partition coefficient (Wildman–Crippen LogP) is 12.7. The van der Waals surface area contributed by atoms with Gasteiger partial charge in [-0.3, -0.25) is 4.79 Å². The summed E-state index contributed by atoms with van der Waals surface area (Å²) in [5, 5.41) is 0. The minimum absolute atomic E-state index is 0.121. The summed E-state index contributed by atoms with van der Waals surface area (Å²) >= 11 is 1.43. The van der Waals surface area contributed by atoms with Crippen LogP contribution in [0.25, 0.3) is 0 Å². The van der Waals surface area contributed by atoms with E-state index in [1.54, 1.807) is 24.3 Å². The van der Waals surface area contributed by atoms with E-state index in [0.29, 0.717) is 49.7 Å². The Bertz CT molecular complexity index is 1510. The number of aryl methyl sites for hydroxylation is 1. The summed E-state index contributed by atoms with van der Waals surface area (Å²) in [6.45, 7) is 25.3. The van der Waals surface area contributed by atoms with E-state index < -0.39 is 0 Å². The van der Waals surface area contributed by atoms with Gasteiger partial charge in [0.25, 0.3) is 5.91 Å². The molecule has 1 heterocycles. The van der Waals surface area contributed by atoms with Gasteiger partial charge in [-0.15, -0.1) is 0 Å². The molecule has 0 bridgehead atoms. The number of benzene rings is 4. The van der Waals surface area contributed by atoms with Crippen molar-refractivity contribution in [3.05, 3.63) is 130 Å². The smallest absolute Gasteiger partial charge is 0.254 e. The average molecular weight is 707 g/mol. The number of nitrogens with one attached hydrogen (secondary N) is 1. The molecule has 0 saturated carbocycles. The Morgan fingerprint density at radius 2 is 1.26 bits per heavy atom. The maximum atomic E-state index is 13.4. The summed E-state index contributed by atoms with van der Waals surface area (Å²) < 4.78 is 34.5. The first-order valence-electron chi connectivity index (χ1n) is 18.0. The van der Waals surface area contributed by atoms with Crippen molar-refractivity contribution in [1.82, 2.24) is 4.90 Å². The van der Waals surface area contributed by atoms with E-state index in [2.05, 4.69) is 64.5 Å². The summed E-state index contributed by atoms with van der Waals surface area (Å²) in [5.74, 6) is 1.12. The lowest BCUT2D eigenvalue weighted by atomic mass is 10.0. The van der Waals surface area contributed by atoms with Gasteiger partial charge in [0.1, 0.15) is 11.6 Å². The van der Waals surface area contributed by atoms with Gasteiger partial charge in [0.15, 0.2) is 0 Å². The third-order valence-electron chi connectivity index (χ3n) is 7.51.